The van der Waals surface area contributed by atoms with Crippen LogP contribution in [0.2, 0.25) is 0 Å². The molecule has 0 aliphatic carbocycles. The summed E-state index contributed by atoms with van der Waals surface area (Å²) in [6.45, 7) is 2.13. The fourth-order valence-corrected chi connectivity index (χ4v) is 3.20. The second-order valence-corrected chi connectivity index (χ2v) is 8.29. The Morgan fingerprint density at radius 3 is 1.85 bits per heavy atom. The van der Waals surface area contributed by atoms with Crippen molar-refractivity contribution in [1.29, 1.82) is 0 Å². The van der Waals surface area contributed by atoms with Crippen molar-refractivity contribution in [3.05, 3.63) is 12.2 Å². The topological polar surface area (TPSA) is 95.9 Å². The first-order valence-electron chi connectivity index (χ1n) is 10.6. The van der Waals surface area contributed by atoms with E-state index < -0.39 is 7.82 Å². The second-order valence-electron chi connectivity index (χ2n) is 7.05. The second kappa shape index (κ2) is 18.7. The van der Waals surface area contributed by atoms with Gasteiger partial charge in [-0.1, -0.05) is 90.0 Å². The van der Waals surface area contributed by atoms with Gasteiger partial charge in [-0.15, -0.1) is 0 Å². The molecule has 0 radical (unpaired) electrons. The van der Waals surface area contributed by atoms with Gasteiger partial charge in [0.25, 0.3) is 0 Å². The number of hydrogen-bond acceptors (Lipinski definition) is 3. The Kier molecular flexibility index (Phi) is 18.2. The van der Waals surface area contributed by atoms with Gasteiger partial charge in [0, 0.05) is 6.54 Å². The number of phosphoric acid groups is 1. The minimum Gasteiger partial charge on any atom is -0.350 e. The van der Waals surface area contributed by atoms with E-state index in [0.29, 0.717) is 0 Å². The van der Waals surface area contributed by atoms with Gasteiger partial charge in [-0.3, -0.25) is 9.32 Å². The molecule has 0 bridgehead atoms. The summed E-state index contributed by atoms with van der Waals surface area (Å²) in [6.07, 6.45) is 21.4. The zero-order valence-electron chi connectivity index (χ0n) is 17.0. The fourth-order valence-electron chi connectivity index (χ4n) is 2.87. The Hall–Kier alpha value is -0.680. The Morgan fingerprint density at radius 1 is 0.889 bits per heavy atom. The van der Waals surface area contributed by atoms with Gasteiger partial charge in [-0.05, 0) is 18.9 Å². The highest BCUT2D eigenvalue weighted by Crippen LogP contribution is 2.35. The SMILES string of the molecule is CCCCCCCCCCCCCCCC=CC(=O)NCCOP(=O)(O)O. The summed E-state index contributed by atoms with van der Waals surface area (Å²) in [5, 5.41) is 2.51. The number of carbonyl (C=O) groups is 1. The zero-order chi connectivity index (χ0) is 20.2. The van der Waals surface area contributed by atoms with Crippen LogP contribution < -0.4 is 5.32 Å². The van der Waals surface area contributed by atoms with E-state index in [1.54, 1.807) is 0 Å². The third-order valence-corrected chi connectivity index (χ3v) is 4.92. The maximum absolute atomic E-state index is 11.5. The number of carbonyl (C=O) groups excluding carboxylic acids is 1. The molecule has 27 heavy (non-hydrogen) atoms. The first-order valence-corrected chi connectivity index (χ1v) is 12.1. The highest BCUT2D eigenvalue weighted by Gasteiger charge is 2.12. The number of unbranched alkanes of at least 4 members (excludes halogenated alkanes) is 13. The molecule has 0 heterocycles. The summed E-state index contributed by atoms with van der Waals surface area (Å²) >= 11 is 0. The third-order valence-electron chi connectivity index (χ3n) is 4.40. The van der Waals surface area contributed by atoms with Crippen LogP contribution >= 0.6 is 7.82 Å². The van der Waals surface area contributed by atoms with E-state index in [1.165, 1.54) is 83.1 Å². The molecule has 0 saturated heterocycles. The summed E-state index contributed by atoms with van der Waals surface area (Å²) in [7, 11) is -4.45. The molecular formula is C20H40NO5P. The average Bonchev–Trinajstić information content (AvgIpc) is 2.61. The number of allylic oxidation sites excluding steroid dienone is 1. The van der Waals surface area contributed by atoms with Crippen LogP contribution in [0.1, 0.15) is 96.8 Å². The van der Waals surface area contributed by atoms with Crippen LogP contribution in [0.3, 0.4) is 0 Å². The summed E-state index contributed by atoms with van der Waals surface area (Å²) in [4.78, 5) is 28.4. The van der Waals surface area contributed by atoms with E-state index in [0.717, 1.165) is 12.8 Å². The van der Waals surface area contributed by atoms with Crippen LogP contribution in [-0.2, 0) is 13.9 Å². The van der Waals surface area contributed by atoms with Gasteiger partial charge in [0.1, 0.15) is 0 Å². The van der Waals surface area contributed by atoms with Crippen molar-refractivity contribution >= 4 is 13.7 Å². The van der Waals surface area contributed by atoms with Gasteiger partial charge in [0.05, 0.1) is 6.61 Å². The molecular weight excluding hydrogens is 365 g/mol. The van der Waals surface area contributed by atoms with Gasteiger partial charge in [0.15, 0.2) is 0 Å². The van der Waals surface area contributed by atoms with Gasteiger partial charge < -0.3 is 15.1 Å². The van der Waals surface area contributed by atoms with Crippen LogP contribution in [0, 0.1) is 0 Å². The molecule has 7 heteroatoms. The molecule has 3 N–H and O–H groups in total. The van der Waals surface area contributed by atoms with E-state index in [2.05, 4.69) is 16.8 Å². The Balaban J connectivity index is 3.28. The number of phosphoric ester groups is 1. The van der Waals surface area contributed by atoms with Gasteiger partial charge in [0.2, 0.25) is 5.91 Å². The van der Waals surface area contributed by atoms with Crippen molar-refractivity contribution in [3.63, 3.8) is 0 Å². The lowest BCUT2D eigenvalue weighted by atomic mass is 10.0. The highest BCUT2D eigenvalue weighted by molar-refractivity contribution is 7.46. The molecule has 0 unspecified atom stereocenters. The largest absolute Gasteiger partial charge is 0.469 e. The number of nitrogens with one attached hydrogen (secondary N) is 1. The predicted octanol–water partition coefficient (Wildman–Crippen LogP) is 5.25. The quantitative estimate of drug-likeness (QED) is 0.155. The third kappa shape index (κ3) is 23.3. The lowest BCUT2D eigenvalue weighted by Gasteiger charge is -2.05. The van der Waals surface area contributed by atoms with E-state index in [-0.39, 0.29) is 19.1 Å². The lowest BCUT2D eigenvalue weighted by Crippen LogP contribution is -2.25. The Morgan fingerprint density at radius 2 is 1.37 bits per heavy atom. The van der Waals surface area contributed by atoms with Crippen molar-refractivity contribution in [1.82, 2.24) is 5.32 Å². The van der Waals surface area contributed by atoms with E-state index in [1.807, 2.05) is 6.08 Å². The first kappa shape index (κ1) is 26.3. The van der Waals surface area contributed by atoms with E-state index in [9.17, 15) is 9.36 Å². The Labute approximate surface area is 165 Å². The molecule has 0 aromatic heterocycles. The van der Waals surface area contributed by atoms with Crippen molar-refractivity contribution in [3.8, 4) is 0 Å². The van der Waals surface area contributed by atoms with Crippen LogP contribution in [0.4, 0.5) is 0 Å². The monoisotopic (exact) mass is 405 g/mol. The maximum Gasteiger partial charge on any atom is 0.469 e. The molecule has 1 amide bonds. The molecule has 0 atom stereocenters. The van der Waals surface area contributed by atoms with Gasteiger partial charge in [-0.2, -0.15) is 0 Å². The average molecular weight is 406 g/mol. The molecule has 160 valence electrons. The molecule has 0 aromatic rings. The normalized spacial score (nSPS) is 12.0. The molecule has 0 spiro atoms. The molecule has 0 fully saturated rings. The number of hydrogen-bond donors (Lipinski definition) is 3. The molecule has 0 saturated carbocycles. The van der Waals surface area contributed by atoms with Crippen LogP contribution in [0.15, 0.2) is 12.2 Å². The predicted molar refractivity (Wildman–Crippen MR) is 110 cm³/mol. The van der Waals surface area contributed by atoms with Crippen LogP contribution in [0.25, 0.3) is 0 Å². The lowest BCUT2D eigenvalue weighted by molar-refractivity contribution is -0.116. The van der Waals surface area contributed by atoms with Crippen LogP contribution in [0.5, 0.6) is 0 Å². The number of rotatable bonds is 19. The maximum atomic E-state index is 11.5. The van der Waals surface area contributed by atoms with E-state index in [4.69, 9.17) is 9.79 Å². The minimum atomic E-state index is -4.45. The van der Waals surface area contributed by atoms with Gasteiger partial charge >= 0.3 is 7.82 Å². The van der Waals surface area contributed by atoms with Crippen molar-refractivity contribution in [2.45, 2.75) is 96.8 Å². The highest BCUT2D eigenvalue weighted by atomic mass is 31.2. The van der Waals surface area contributed by atoms with Crippen LogP contribution in [-0.4, -0.2) is 28.8 Å². The zero-order valence-corrected chi connectivity index (χ0v) is 17.9. The first-order chi connectivity index (χ1) is 13.0. The molecule has 0 aliphatic rings. The summed E-state index contributed by atoms with van der Waals surface area (Å²) in [5.74, 6) is -0.265. The summed E-state index contributed by atoms with van der Waals surface area (Å²) < 4.78 is 14.7. The molecule has 0 aliphatic heterocycles. The standard InChI is InChI=1S/C20H40NO5P/c1-2-3-4-5-6-7-8-9-10-11-12-13-14-15-16-17-20(22)21-18-19-26-27(23,24)25/h16-17H,2-15,18-19H2,1H3,(H,21,22)(H2,23,24,25). The molecule has 0 rings (SSSR count). The summed E-state index contributed by atoms with van der Waals surface area (Å²) in [5.41, 5.74) is 0. The minimum absolute atomic E-state index is 0.0764. The molecule has 0 aromatic carbocycles. The molecule has 6 nitrogen and oxygen atoms in total. The number of amides is 1. The van der Waals surface area contributed by atoms with Crippen molar-refractivity contribution in [2.75, 3.05) is 13.2 Å². The summed E-state index contributed by atoms with van der Waals surface area (Å²) in [6, 6.07) is 0. The van der Waals surface area contributed by atoms with Crippen molar-refractivity contribution < 1.29 is 23.7 Å². The van der Waals surface area contributed by atoms with E-state index >= 15 is 0 Å². The Bertz CT molecular complexity index is 423. The smallest absolute Gasteiger partial charge is 0.350 e. The van der Waals surface area contributed by atoms with Crippen molar-refractivity contribution in [2.24, 2.45) is 0 Å². The van der Waals surface area contributed by atoms with Gasteiger partial charge in [-0.25, -0.2) is 4.57 Å². The fraction of sp³-hybridized carbons (Fsp3) is 0.850.